The van der Waals surface area contributed by atoms with Crippen molar-refractivity contribution in [2.45, 2.75) is 6.42 Å². The normalized spacial score (nSPS) is 9.74. The highest BCUT2D eigenvalue weighted by Crippen LogP contribution is 2.16. The van der Waals surface area contributed by atoms with Crippen molar-refractivity contribution < 1.29 is 18.8 Å². The summed E-state index contributed by atoms with van der Waals surface area (Å²) in [6.07, 6.45) is 1.80. The summed E-state index contributed by atoms with van der Waals surface area (Å²) in [5, 5.41) is 13.0. The monoisotopic (exact) mass is 268 g/mol. The van der Waals surface area contributed by atoms with Crippen LogP contribution in [0.25, 0.3) is 0 Å². The third-order valence-corrected chi connectivity index (χ3v) is 2.25. The van der Waals surface area contributed by atoms with Crippen LogP contribution in [0.2, 0.25) is 0 Å². The molecule has 0 aliphatic rings. The Kier molecular flexibility index (Phi) is 5.46. The number of hydrogen-bond acceptors (Lipinski definition) is 4. The number of halogens is 1. The lowest BCUT2D eigenvalue weighted by atomic mass is 10.1. The van der Waals surface area contributed by atoms with Crippen molar-refractivity contribution in [3.8, 4) is 0 Å². The van der Waals surface area contributed by atoms with Crippen LogP contribution in [0, 0.1) is 15.9 Å². The van der Waals surface area contributed by atoms with E-state index >= 15 is 0 Å². The molecular formula is C12H13FN2O4. The van der Waals surface area contributed by atoms with E-state index in [0.29, 0.717) is 13.0 Å². The van der Waals surface area contributed by atoms with E-state index in [-0.39, 0.29) is 17.8 Å². The number of nitrogens with zero attached hydrogens (tertiary/aromatic N) is 1. The number of carbonyl (C=O) groups is 1. The molecule has 0 spiro atoms. The lowest BCUT2D eigenvalue weighted by Gasteiger charge is -2.06. The van der Waals surface area contributed by atoms with Gasteiger partial charge in [-0.2, -0.15) is 0 Å². The molecule has 1 N–H and O–H groups in total. The molecule has 1 amide bonds. The van der Waals surface area contributed by atoms with E-state index in [9.17, 15) is 19.3 Å². The lowest BCUT2D eigenvalue weighted by molar-refractivity contribution is -0.384. The Morgan fingerprint density at radius 2 is 2.32 bits per heavy atom. The first-order valence-electron chi connectivity index (χ1n) is 5.51. The molecule has 6 nitrogen and oxygen atoms in total. The smallest absolute Gasteiger partial charge is 0.270 e. The summed E-state index contributed by atoms with van der Waals surface area (Å²) < 4.78 is 18.2. The molecule has 1 aromatic rings. The van der Waals surface area contributed by atoms with Crippen LogP contribution in [0.4, 0.5) is 10.1 Å². The van der Waals surface area contributed by atoms with Gasteiger partial charge in [-0.3, -0.25) is 14.9 Å². The fraction of sp³-hybridized carbons (Fsp3) is 0.250. The molecule has 0 heterocycles. The number of nitro benzene ring substituents is 1. The fourth-order valence-electron chi connectivity index (χ4n) is 1.34. The zero-order chi connectivity index (χ0) is 14.3. The number of ether oxygens (including phenoxy) is 1. The maximum absolute atomic E-state index is 13.4. The van der Waals surface area contributed by atoms with Gasteiger partial charge in [0.15, 0.2) is 0 Å². The number of amides is 1. The molecule has 19 heavy (non-hydrogen) atoms. The molecule has 0 bridgehead atoms. The second-order valence-electron chi connectivity index (χ2n) is 3.57. The fourth-order valence-corrected chi connectivity index (χ4v) is 1.34. The van der Waals surface area contributed by atoms with E-state index in [4.69, 9.17) is 4.74 Å². The predicted molar refractivity (Wildman–Crippen MR) is 66.2 cm³/mol. The first kappa shape index (κ1) is 14.6. The van der Waals surface area contributed by atoms with E-state index in [2.05, 4.69) is 11.9 Å². The minimum Gasteiger partial charge on any atom is -0.502 e. The van der Waals surface area contributed by atoms with E-state index < -0.39 is 16.6 Å². The van der Waals surface area contributed by atoms with Crippen LogP contribution in [-0.4, -0.2) is 24.0 Å². The number of benzene rings is 1. The van der Waals surface area contributed by atoms with Crippen molar-refractivity contribution in [3.63, 3.8) is 0 Å². The second-order valence-corrected chi connectivity index (χ2v) is 3.57. The highest BCUT2D eigenvalue weighted by Gasteiger charge is 2.16. The molecule has 0 unspecified atom stereocenters. The lowest BCUT2D eigenvalue weighted by Crippen LogP contribution is -2.26. The standard InChI is InChI=1S/C12H13FN2O4/c1-2-19-7-3-6-14-12(16)10-8-9(15(17)18)4-5-11(10)13/h2,4-5,8H,1,3,6-7H2,(H,14,16). The van der Waals surface area contributed by atoms with Crippen LogP contribution in [0.1, 0.15) is 16.8 Å². The SMILES string of the molecule is C=COCCCNC(=O)c1cc([N+](=O)[O-])ccc1F. The van der Waals surface area contributed by atoms with Gasteiger partial charge in [0.05, 0.1) is 23.4 Å². The summed E-state index contributed by atoms with van der Waals surface area (Å²) >= 11 is 0. The van der Waals surface area contributed by atoms with E-state index in [0.717, 1.165) is 18.2 Å². The minimum absolute atomic E-state index is 0.273. The Balaban J connectivity index is 2.63. The van der Waals surface area contributed by atoms with Crippen LogP contribution in [0.3, 0.4) is 0 Å². The summed E-state index contributed by atoms with van der Waals surface area (Å²) in [5.41, 5.74) is -0.680. The first-order valence-corrected chi connectivity index (χ1v) is 5.51. The maximum Gasteiger partial charge on any atom is 0.270 e. The van der Waals surface area contributed by atoms with Gasteiger partial charge in [0.25, 0.3) is 11.6 Å². The maximum atomic E-state index is 13.4. The van der Waals surface area contributed by atoms with Gasteiger partial charge in [-0.25, -0.2) is 4.39 Å². The predicted octanol–water partition coefficient (Wildman–Crippen LogP) is 2.01. The zero-order valence-corrected chi connectivity index (χ0v) is 10.1. The van der Waals surface area contributed by atoms with E-state index in [1.807, 2.05) is 0 Å². The Hall–Kier alpha value is -2.44. The number of rotatable bonds is 7. The van der Waals surface area contributed by atoms with Crippen LogP contribution >= 0.6 is 0 Å². The van der Waals surface area contributed by atoms with Gasteiger partial charge in [0, 0.05) is 18.7 Å². The van der Waals surface area contributed by atoms with Gasteiger partial charge < -0.3 is 10.1 Å². The van der Waals surface area contributed by atoms with Gasteiger partial charge in [0.2, 0.25) is 0 Å². The Labute approximate surface area is 109 Å². The summed E-state index contributed by atoms with van der Waals surface area (Å²) in [5.74, 6) is -1.50. The summed E-state index contributed by atoms with van der Waals surface area (Å²) in [7, 11) is 0. The van der Waals surface area contributed by atoms with Crippen LogP contribution in [0.5, 0.6) is 0 Å². The number of nitro groups is 1. The average molecular weight is 268 g/mol. The van der Waals surface area contributed by atoms with Gasteiger partial charge in [-0.1, -0.05) is 6.58 Å². The Morgan fingerprint density at radius 3 is 2.95 bits per heavy atom. The van der Waals surface area contributed by atoms with Crippen LogP contribution in [-0.2, 0) is 4.74 Å². The van der Waals surface area contributed by atoms with Crippen LogP contribution in [0.15, 0.2) is 31.0 Å². The zero-order valence-electron chi connectivity index (χ0n) is 10.1. The quantitative estimate of drug-likeness (QED) is 0.355. The highest BCUT2D eigenvalue weighted by atomic mass is 19.1. The average Bonchev–Trinajstić information content (AvgIpc) is 2.38. The van der Waals surface area contributed by atoms with E-state index in [1.165, 1.54) is 6.26 Å². The molecule has 0 fully saturated rings. The van der Waals surface area contributed by atoms with Gasteiger partial charge in [-0.15, -0.1) is 0 Å². The number of hydrogen-bond donors (Lipinski definition) is 1. The van der Waals surface area contributed by atoms with Gasteiger partial charge >= 0.3 is 0 Å². The van der Waals surface area contributed by atoms with Crippen LogP contribution < -0.4 is 5.32 Å². The van der Waals surface area contributed by atoms with Gasteiger partial charge in [-0.05, 0) is 12.5 Å². The van der Waals surface area contributed by atoms with Crippen molar-refractivity contribution in [1.82, 2.24) is 5.32 Å². The number of carbonyl (C=O) groups excluding carboxylic acids is 1. The third kappa shape index (κ3) is 4.38. The third-order valence-electron chi connectivity index (χ3n) is 2.25. The highest BCUT2D eigenvalue weighted by molar-refractivity contribution is 5.95. The minimum atomic E-state index is -0.801. The molecule has 0 atom stereocenters. The largest absolute Gasteiger partial charge is 0.502 e. The Bertz CT molecular complexity index is 491. The first-order chi connectivity index (χ1) is 9.06. The summed E-state index contributed by atoms with van der Waals surface area (Å²) in [6.45, 7) is 4.00. The van der Waals surface area contributed by atoms with Crippen molar-refractivity contribution in [2.24, 2.45) is 0 Å². The molecule has 0 radical (unpaired) electrons. The second kappa shape index (κ2) is 7.10. The molecular weight excluding hydrogens is 255 g/mol. The summed E-state index contributed by atoms with van der Waals surface area (Å²) in [4.78, 5) is 21.5. The molecule has 0 aliphatic carbocycles. The molecule has 0 saturated heterocycles. The van der Waals surface area contributed by atoms with Gasteiger partial charge in [0.1, 0.15) is 5.82 Å². The molecule has 0 aromatic heterocycles. The molecule has 102 valence electrons. The van der Waals surface area contributed by atoms with E-state index in [1.54, 1.807) is 0 Å². The van der Waals surface area contributed by atoms with Crippen molar-refractivity contribution >= 4 is 11.6 Å². The number of non-ortho nitro benzene ring substituents is 1. The Morgan fingerprint density at radius 1 is 1.58 bits per heavy atom. The topological polar surface area (TPSA) is 81.5 Å². The van der Waals surface area contributed by atoms with Crippen molar-refractivity contribution in [2.75, 3.05) is 13.2 Å². The number of nitrogens with one attached hydrogen (secondary N) is 1. The molecule has 0 saturated carbocycles. The molecule has 7 heteroatoms. The summed E-state index contributed by atoms with van der Waals surface area (Å²) in [6, 6.07) is 2.81. The molecule has 1 aromatic carbocycles. The van der Waals surface area contributed by atoms with Crippen molar-refractivity contribution in [1.29, 1.82) is 0 Å². The molecule has 0 aliphatic heterocycles. The molecule has 1 rings (SSSR count). The van der Waals surface area contributed by atoms with Crippen molar-refractivity contribution in [3.05, 3.63) is 52.5 Å².